The highest BCUT2D eigenvalue weighted by molar-refractivity contribution is 5.12. The minimum absolute atomic E-state index is 0.516. The summed E-state index contributed by atoms with van der Waals surface area (Å²) in [4.78, 5) is 5.26. The van der Waals surface area contributed by atoms with Crippen LogP contribution in [0.5, 0.6) is 0 Å². The topological polar surface area (TPSA) is 51.4 Å². The van der Waals surface area contributed by atoms with E-state index in [1.807, 2.05) is 35.9 Å². The molecule has 0 spiro atoms. The molecule has 4 heterocycles. The van der Waals surface area contributed by atoms with Gasteiger partial charge in [0.25, 0.3) is 0 Å². The second-order valence-electron chi connectivity index (χ2n) is 7.29. The number of aryl methyl sites for hydroxylation is 2. The molecule has 25 heavy (non-hydrogen) atoms. The molecular formula is C18H28N6O. The molecule has 2 atom stereocenters. The van der Waals surface area contributed by atoms with Crippen molar-refractivity contribution in [3.05, 3.63) is 35.9 Å². The zero-order valence-electron chi connectivity index (χ0n) is 15.2. The number of likely N-dealkylation sites (tertiary alicyclic amines) is 1. The third-order valence-corrected chi connectivity index (χ3v) is 5.49. The number of morpholine rings is 1. The normalized spacial score (nSPS) is 25.7. The fourth-order valence-corrected chi connectivity index (χ4v) is 4.30. The summed E-state index contributed by atoms with van der Waals surface area (Å²) in [6.07, 6.45) is 10.6. The average molecular weight is 344 g/mol. The molecule has 2 aliphatic rings. The number of ether oxygens (including phenoxy) is 1. The van der Waals surface area contributed by atoms with Crippen LogP contribution in [-0.2, 0) is 31.8 Å². The molecule has 0 unspecified atom stereocenters. The maximum atomic E-state index is 5.56. The van der Waals surface area contributed by atoms with E-state index in [1.54, 1.807) is 0 Å². The standard InChI is InChI=1S/C18H28N6O/c1-21-12-15(10-19-21)9-18-17(23-5-7-25-8-6-23)3-4-24(18)14-16-11-20-22(2)13-16/h10-13,17-18H,3-9,14H2,1-2H3/t17-,18+/m1/s1. The van der Waals surface area contributed by atoms with E-state index in [-0.39, 0.29) is 0 Å². The quantitative estimate of drug-likeness (QED) is 0.798. The molecule has 0 aliphatic carbocycles. The average Bonchev–Trinajstić information content (AvgIpc) is 3.31. The first kappa shape index (κ1) is 16.8. The lowest BCUT2D eigenvalue weighted by molar-refractivity contribution is 0.00789. The van der Waals surface area contributed by atoms with Gasteiger partial charge in [-0.1, -0.05) is 0 Å². The molecule has 136 valence electrons. The van der Waals surface area contributed by atoms with E-state index in [0.717, 1.165) is 45.8 Å². The first-order chi connectivity index (χ1) is 12.2. The van der Waals surface area contributed by atoms with Crippen LogP contribution >= 0.6 is 0 Å². The zero-order valence-corrected chi connectivity index (χ0v) is 15.2. The summed E-state index contributed by atoms with van der Waals surface area (Å²) < 4.78 is 9.35. The molecule has 2 aromatic rings. The molecule has 0 N–H and O–H groups in total. The van der Waals surface area contributed by atoms with Crippen molar-refractivity contribution < 1.29 is 4.74 Å². The fourth-order valence-electron chi connectivity index (χ4n) is 4.30. The van der Waals surface area contributed by atoms with E-state index in [4.69, 9.17) is 4.74 Å². The number of nitrogens with zero attached hydrogens (tertiary/aromatic N) is 6. The fraction of sp³-hybridized carbons (Fsp3) is 0.667. The van der Waals surface area contributed by atoms with Gasteiger partial charge in [-0.05, 0) is 18.4 Å². The second kappa shape index (κ2) is 7.27. The molecule has 0 aromatic carbocycles. The summed E-state index contributed by atoms with van der Waals surface area (Å²) >= 11 is 0. The zero-order chi connectivity index (χ0) is 17.2. The van der Waals surface area contributed by atoms with Crippen LogP contribution in [0, 0.1) is 0 Å². The van der Waals surface area contributed by atoms with Crippen LogP contribution in [0.25, 0.3) is 0 Å². The number of rotatable bonds is 5. The van der Waals surface area contributed by atoms with Crippen molar-refractivity contribution in [3.63, 3.8) is 0 Å². The monoisotopic (exact) mass is 344 g/mol. The van der Waals surface area contributed by atoms with Crippen molar-refractivity contribution in [3.8, 4) is 0 Å². The van der Waals surface area contributed by atoms with Gasteiger partial charge < -0.3 is 4.74 Å². The Morgan fingerprint density at radius 2 is 1.68 bits per heavy atom. The predicted molar refractivity (Wildman–Crippen MR) is 95.1 cm³/mol. The Bertz CT molecular complexity index is 689. The molecule has 2 aromatic heterocycles. The van der Waals surface area contributed by atoms with Gasteiger partial charge in [-0.2, -0.15) is 10.2 Å². The highest BCUT2D eigenvalue weighted by atomic mass is 16.5. The number of hydrogen-bond donors (Lipinski definition) is 0. The van der Waals surface area contributed by atoms with Gasteiger partial charge in [-0.3, -0.25) is 19.2 Å². The van der Waals surface area contributed by atoms with E-state index < -0.39 is 0 Å². The third-order valence-electron chi connectivity index (χ3n) is 5.49. The largest absolute Gasteiger partial charge is 0.379 e. The molecule has 0 amide bonds. The molecule has 0 radical (unpaired) electrons. The Morgan fingerprint density at radius 3 is 2.32 bits per heavy atom. The lowest BCUT2D eigenvalue weighted by atomic mass is 10.00. The van der Waals surface area contributed by atoms with Crippen molar-refractivity contribution in [2.24, 2.45) is 14.1 Å². The first-order valence-corrected chi connectivity index (χ1v) is 9.20. The van der Waals surface area contributed by atoms with E-state index in [0.29, 0.717) is 12.1 Å². The second-order valence-corrected chi connectivity index (χ2v) is 7.29. The van der Waals surface area contributed by atoms with Gasteiger partial charge in [0.1, 0.15) is 0 Å². The molecule has 2 aliphatic heterocycles. The van der Waals surface area contributed by atoms with Gasteiger partial charge >= 0.3 is 0 Å². The van der Waals surface area contributed by atoms with Gasteiger partial charge in [-0.15, -0.1) is 0 Å². The van der Waals surface area contributed by atoms with Crippen molar-refractivity contribution in [2.75, 3.05) is 32.8 Å². The van der Waals surface area contributed by atoms with Gasteiger partial charge in [0.05, 0.1) is 25.6 Å². The van der Waals surface area contributed by atoms with Crippen molar-refractivity contribution in [2.45, 2.75) is 31.5 Å². The highest BCUT2D eigenvalue weighted by Crippen LogP contribution is 2.28. The summed E-state index contributed by atoms with van der Waals surface area (Å²) in [7, 11) is 3.97. The maximum absolute atomic E-state index is 5.56. The van der Waals surface area contributed by atoms with Crippen LogP contribution in [0.4, 0.5) is 0 Å². The van der Waals surface area contributed by atoms with Crippen LogP contribution < -0.4 is 0 Å². The van der Waals surface area contributed by atoms with Gasteiger partial charge in [-0.25, -0.2) is 0 Å². The summed E-state index contributed by atoms with van der Waals surface area (Å²) in [5.74, 6) is 0. The Kier molecular flexibility index (Phi) is 4.87. The van der Waals surface area contributed by atoms with E-state index in [9.17, 15) is 0 Å². The van der Waals surface area contributed by atoms with Crippen LogP contribution in [0.1, 0.15) is 17.5 Å². The van der Waals surface area contributed by atoms with Gasteiger partial charge in [0.2, 0.25) is 0 Å². The number of hydrogen-bond acceptors (Lipinski definition) is 5. The minimum Gasteiger partial charge on any atom is -0.379 e. The lowest BCUT2D eigenvalue weighted by Gasteiger charge is -2.37. The molecular weight excluding hydrogens is 316 g/mol. The van der Waals surface area contributed by atoms with Crippen molar-refractivity contribution in [1.29, 1.82) is 0 Å². The third kappa shape index (κ3) is 3.78. The van der Waals surface area contributed by atoms with Crippen molar-refractivity contribution in [1.82, 2.24) is 29.4 Å². The van der Waals surface area contributed by atoms with Gasteiger partial charge in [0, 0.05) is 70.3 Å². The number of aromatic nitrogens is 4. The molecule has 0 bridgehead atoms. The van der Waals surface area contributed by atoms with Crippen LogP contribution in [0.15, 0.2) is 24.8 Å². The smallest absolute Gasteiger partial charge is 0.0594 e. The lowest BCUT2D eigenvalue weighted by Crippen LogP contribution is -2.50. The predicted octanol–water partition coefficient (Wildman–Crippen LogP) is 0.671. The minimum atomic E-state index is 0.516. The Morgan fingerprint density at radius 1 is 1.00 bits per heavy atom. The van der Waals surface area contributed by atoms with E-state index in [2.05, 4.69) is 32.4 Å². The van der Waals surface area contributed by atoms with Crippen molar-refractivity contribution >= 4 is 0 Å². The van der Waals surface area contributed by atoms with E-state index in [1.165, 1.54) is 17.5 Å². The Balaban J connectivity index is 1.52. The Labute approximate surface area is 149 Å². The first-order valence-electron chi connectivity index (χ1n) is 9.20. The van der Waals surface area contributed by atoms with Crippen LogP contribution in [-0.4, -0.2) is 74.3 Å². The molecule has 7 nitrogen and oxygen atoms in total. The van der Waals surface area contributed by atoms with Crippen LogP contribution in [0.3, 0.4) is 0 Å². The summed E-state index contributed by atoms with van der Waals surface area (Å²) in [5.41, 5.74) is 2.62. The highest BCUT2D eigenvalue weighted by Gasteiger charge is 2.38. The summed E-state index contributed by atoms with van der Waals surface area (Å²) in [6.45, 7) is 5.93. The molecule has 0 saturated carbocycles. The summed E-state index contributed by atoms with van der Waals surface area (Å²) in [5, 5.41) is 8.69. The summed E-state index contributed by atoms with van der Waals surface area (Å²) in [6, 6.07) is 1.11. The SMILES string of the molecule is Cn1cc(C[C@H]2[C@H](N3CCOCC3)CCN2Cc2cnn(C)c2)cn1. The van der Waals surface area contributed by atoms with E-state index >= 15 is 0 Å². The molecule has 2 saturated heterocycles. The van der Waals surface area contributed by atoms with Crippen LogP contribution in [0.2, 0.25) is 0 Å². The van der Waals surface area contributed by atoms with Gasteiger partial charge in [0.15, 0.2) is 0 Å². The molecule has 2 fully saturated rings. The molecule has 7 heteroatoms. The molecule has 4 rings (SSSR count). The maximum Gasteiger partial charge on any atom is 0.0594 e. The Hall–Kier alpha value is -1.70.